The molecule has 2 aromatic carbocycles. The molecule has 6 nitrogen and oxygen atoms in total. The van der Waals surface area contributed by atoms with Crippen molar-refractivity contribution in [1.29, 1.82) is 0 Å². The van der Waals surface area contributed by atoms with Gasteiger partial charge in [0.1, 0.15) is 0 Å². The van der Waals surface area contributed by atoms with Crippen molar-refractivity contribution in [3.63, 3.8) is 0 Å². The molecule has 2 rings (SSSR count). The molecule has 1 amide bonds. The van der Waals surface area contributed by atoms with E-state index in [-0.39, 0.29) is 17.2 Å². The molecule has 0 aliphatic carbocycles. The summed E-state index contributed by atoms with van der Waals surface area (Å²) in [5, 5.41) is 5.25. The van der Waals surface area contributed by atoms with E-state index in [4.69, 9.17) is 21.2 Å². The van der Waals surface area contributed by atoms with E-state index in [1.165, 1.54) is 37.6 Å². The lowest BCUT2D eigenvalue weighted by atomic mass is 10.2. The maximum Gasteiger partial charge on any atom is 0.417 e. The zero-order valence-corrected chi connectivity index (χ0v) is 15.9. The van der Waals surface area contributed by atoms with Crippen molar-refractivity contribution >= 4 is 29.4 Å². The maximum atomic E-state index is 12.8. The second kappa shape index (κ2) is 10.1. The number of benzene rings is 2. The van der Waals surface area contributed by atoms with Crippen LogP contribution >= 0.6 is 11.6 Å². The van der Waals surface area contributed by atoms with Crippen LogP contribution in [-0.2, 0) is 15.8 Å². The molecule has 0 saturated carbocycles. The van der Waals surface area contributed by atoms with Crippen LogP contribution in [0, 0.1) is 0 Å². The fourth-order valence-electron chi connectivity index (χ4n) is 2.17. The summed E-state index contributed by atoms with van der Waals surface area (Å²) in [6.45, 7) is -3.61. The monoisotopic (exact) mass is 452 g/mol. The number of carbonyl (C=O) groups is 1. The van der Waals surface area contributed by atoms with Crippen molar-refractivity contribution in [3.8, 4) is 11.5 Å². The molecule has 0 aromatic heterocycles. The molecule has 12 heteroatoms. The van der Waals surface area contributed by atoms with E-state index < -0.39 is 35.9 Å². The number of anilines is 1. The molecule has 0 unspecified atom stereocenters. The Balaban J connectivity index is 1.92. The number of amides is 1. The molecule has 0 bridgehead atoms. The van der Waals surface area contributed by atoms with Gasteiger partial charge in [-0.2, -0.15) is 22.0 Å². The normalized spacial score (nSPS) is 11.6. The lowest BCUT2D eigenvalue weighted by Gasteiger charge is -2.11. The van der Waals surface area contributed by atoms with Crippen molar-refractivity contribution in [1.82, 2.24) is 0 Å². The summed E-state index contributed by atoms with van der Waals surface area (Å²) in [5.74, 6) is -0.910. The predicted molar refractivity (Wildman–Crippen MR) is 98.3 cm³/mol. The van der Waals surface area contributed by atoms with Crippen LogP contribution in [0.4, 0.5) is 27.6 Å². The fraction of sp³-hybridized carbons (Fsp3) is 0.222. The van der Waals surface area contributed by atoms with Gasteiger partial charge < -0.3 is 19.6 Å². The molecule has 1 N–H and O–H groups in total. The minimum atomic E-state index is -4.67. The number of alkyl halides is 5. The van der Waals surface area contributed by atoms with Gasteiger partial charge in [0.2, 0.25) is 0 Å². The fourth-order valence-corrected chi connectivity index (χ4v) is 2.39. The van der Waals surface area contributed by atoms with E-state index in [1.54, 1.807) is 0 Å². The third-order valence-electron chi connectivity index (χ3n) is 3.43. The quantitative estimate of drug-likeness (QED) is 0.349. The topological polar surface area (TPSA) is 69.2 Å². The highest BCUT2D eigenvalue weighted by Crippen LogP contribution is 2.36. The Labute approximate surface area is 172 Å². The standard InChI is InChI=1S/C18H14ClF5N2O4/c1-28-15-6-10(2-5-14(15)30-17(20)21)8-25-29-9-16(27)26-11-3-4-13(19)12(7-11)18(22,23)24/h2-8,17H,9H2,1H3,(H,26,27)/b25-8+. The van der Waals surface area contributed by atoms with Gasteiger partial charge in [-0.05, 0) is 36.4 Å². The highest BCUT2D eigenvalue weighted by Gasteiger charge is 2.33. The zero-order valence-electron chi connectivity index (χ0n) is 15.2. The van der Waals surface area contributed by atoms with E-state index >= 15 is 0 Å². The van der Waals surface area contributed by atoms with Crippen molar-refractivity contribution in [3.05, 3.63) is 52.5 Å². The summed E-state index contributed by atoms with van der Waals surface area (Å²) in [6.07, 6.45) is -3.50. The average Bonchev–Trinajstić information content (AvgIpc) is 2.66. The van der Waals surface area contributed by atoms with Crippen LogP contribution in [0.15, 0.2) is 41.6 Å². The van der Waals surface area contributed by atoms with Crippen molar-refractivity contribution < 1.29 is 41.1 Å². The number of halogens is 6. The summed E-state index contributed by atoms with van der Waals surface area (Å²) in [6, 6.07) is 6.87. The molecule has 0 radical (unpaired) electrons. The zero-order chi connectivity index (χ0) is 22.3. The van der Waals surface area contributed by atoms with Crippen molar-refractivity contribution in [2.24, 2.45) is 5.16 Å². The second-order valence-corrected chi connectivity index (χ2v) is 5.94. The molecule has 0 saturated heterocycles. The first kappa shape index (κ1) is 23.2. The number of hydrogen-bond donors (Lipinski definition) is 1. The van der Waals surface area contributed by atoms with Gasteiger partial charge >= 0.3 is 12.8 Å². The predicted octanol–water partition coefficient (Wildman–Crippen LogP) is 4.96. The maximum absolute atomic E-state index is 12.8. The van der Waals surface area contributed by atoms with E-state index in [9.17, 15) is 26.7 Å². The van der Waals surface area contributed by atoms with Gasteiger partial charge in [0.15, 0.2) is 18.1 Å². The smallest absolute Gasteiger partial charge is 0.417 e. The lowest BCUT2D eigenvalue weighted by molar-refractivity contribution is -0.137. The molecule has 30 heavy (non-hydrogen) atoms. The summed E-state index contributed by atoms with van der Waals surface area (Å²) in [7, 11) is 1.26. The Hall–Kier alpha value is -3.08. The van der Waals surface area contributed by atoms with E-state index in [2.05, 4.69) is 15.2 Å². The van der Waals surface area contributed by atoms with E-state index in [0.717, 1.165) is 6.07 Å². The number of ether oxygens (including phenoxy) is 2. The SMILES string of the molecule is COc1cc(/C=N/OCC(=O)Nc2ccc(Cl)c(C(F)(F)F)c2)ccc1OC(F)F. The Kier molecular flexibility index (Phi) is 7.81. The summed E-state index contributed by atoms with van der Waals surface area (Å²) in [5.41, 5.74) is -0.820. The largest absolute Gasteiger partial charge is 0.493 e. The minimum absolute atomic E-state index is 0.0280. The third kappa shape index (κ3) is 6.76. The highest BCUT2D eigenvalue weighted by atomic mass is 35.5. The van der Waals surface area contributed by atoms with Gasteiger partial charge in [0.05, 0.1) is 23.9 Å². The second-order valence-electron chi connectivity index (χ2n) is 5.54. The molecule has 0 heterocycles. The number of rotatable bonds is 8. The van der Waals surface area contributed by atoms with Gasteiger partial charge in [-0.1, -0.05) is 16.8 Å². The van der Waals surface area contributed by atoms with Crippen LogP contribution in [0.2, 0.25) is 5.02 Å². The first-order valence-electron chi connectivity index (χ1n) is 8.05. The van der Waals surface area contributed by atoms with Crippen LogP contribution < -0.4 is 14.8 Å². The number of methoxy groups -OCH3 is 1. The average molecular weight is 453 g/mol. The van der Waals surface area contributed by atoms with Gasteiger partial charge in [-0.15, -0.1) is 0 Å². The lowest BCUT2D eigenvalue weighted by Crippen LogP contribution is -2.17. The number of oxime groups is 1. The molecule has 0 fully saturated rings. The molecule has 0 atom stereocenters. The Morgan fingerprint density at radius 3 is 2.57 bits per heavy atom. The molecule has 2 aromatic rings. The van der Waals surface area contributed by atoms with Gasteiger partial charge in [0.25, 0.3) is 5.91 Å². The van der Waals surface area contributed by atoms with Crippen molar-refractivity contribution in [2.45, 2.75) is 12.8 Å². The first-order valence-corrected chi connectivity index (χ1v) is 8.42. The summed E-state index contributed by atoms with van der Waals surface area (Å²) in [4.78, 5) is 16.6. The van der Waals surface area contributed by atoms with Gasteiger partial charge in [-0.25, -0.2) is 0 Å². The number of carbonyl (C=O) groups excluding carboxylic acids is 1. The first-order chi connectivity index (χ1) is 14.1. The Bertz CT molecular complexity index is 922. The van der Waals surface area contributed by atoms with Crippen LogP contribution in [0.1, 0.15) is 11.1 Å². The van der Waals surface area contributed by atoms with Crippen LogP contribution in [0.3, 0.4) is 0 Å². The van der Waals surface area contributed by atoms with Gasteiger partial charge in [-0.3, -0.25) is 4.79 Å². The third-order valence-corrected chi connectivity index (χ3v) is 3.76. The molecule has 0 aliphatic rings. The minimum Gasteiger partial charge on any atom is -0.493 e. The Morgan fingerprint density at radius 2 is 1.93 bits per heavy atom. The number of hydrogen-bond acceptors (Lipinski definition) is 5. The van der Waals surface area contributed by atoms with Crippen molar-refractivity contribution in [2.75, 3.05) is 19.0 Å². The van der Waals surface area contributed by atoms with Crippen LogP contribution in [-0.4, -0.2) is 32.4 Å². The van der Waals surface area contributed by atoms with E-state index in [0.29, 0.717) is 11.6 Å². The highest BCUT2D eigenvalue weighted by molar-refractivity contribution is 6.31. The molecule has 0 spiro atoms. The summed E-state index contributed by atoms with van der Waals surface area (Å²) >= 11 is 5.50. The molecule has 0 aliphatic heterocycles. The summed E-state index contributed by atoms with van der Waals surface area (Å²) < 4.78 is 72.3. The van der Waals surface area contributed by atoms with Crippen LogP contribution in [0.25, 0.3) is 0 Å². The molecule has 162 valence electrons. The van der Waals surface area contributed by atoms with Crippen LogP contribution in [0.5, 0.6) is 11.5 Å². The Morgan fingerprint density at radius 1 is 1.20 bits per heavy atom. The van der Waals surface area contributed by atoms with Gasteiger partial charge in [0, 0.05) is 11.3 Å². The molecular formula is C18H14ClF5N2O4. The van der Waals surface area contributed by atoms with E-state index in [1.807, 2.05) is 0 Å². The number of nitrogens with zero attached hydrogens (tertiary/aromatic N) is 1. The molecular weight excluding hydrogens is 439 g/mol. The number of nitrogens with one attached hydrogen (secondary N) is 1.